The quantitative estimate of drug-likeness (QED) is 0.174. The van der Waals surface area contributed by atoms with E-state index in [0.717, 1.165) is 17.5 Å². The molecule has 0 saturated carbocycles. The first-order valence-electron chi connectivity index (χ1n) is 11.6. The van der Waals surface area contributed by atoms with Gasteiger partial charge in [0.25, 0.3) is 0 Å². The zero-order valence-electron chi connectivity index (χ0n) is 19.6. The van der Waals surface area contributed by atoms with Crippen molar-refractivity contribution in [3.05, 3.63) is 156 Å². The minimum Gasteiger partial charge on any atom is -0.147 e. The van der Waals surface area contributed by atoms with Gasteiger partial charge in [-0.05, 0) is 34.2 Å². The molecule has 0 aliphatic heterocycles. The van der Waals surface area contributed by atoms with E-state index in [0.29, 0.717) is 0 Å². The molecule has 1 aliphatic carbocycles. The van der Waals surface area contributed by atoms with Crippen LogP contribution in [-0.2, 0) is 23.5 Å². The molecule has 36 heavy (non-hydrogen) atoms. The van der Waals surface area contributed by atoms with Gasteiger partial charge in [-0.1, -0.05) is 114 Å². The molecule has 178 valence electrons. The first-order chi connectivity index (χ1) is 17.7. The van der Waals surface area contributed by atoms with Crippen molar-refractivity contribution in [2.75, 3.05) is 0 Å². The van der Waals surface area contributed by atoms with Crippen LogP contribution < -0.4 is 0 Å². The number of hydrogen-bond donors (Lipinski definition) is 1. The predicted molar refractivity (Wildman–Crippen MR) is 148 cm³/mol. The Balaban J connectivity index is 0.000000159. The molecule has 0 amide bonds. The second-order valence-corrected chi connectivity index (χ2v) is 10.8. The molecule has 0 atom stereocenters. The number of rotatable bonds is 3. The molecular weight excluding hydrogens is 519 g/mol. The summed E-state index contributed by atoms with van der Waals surface area (Å²) in [7, 11) is 9.78. The van der Waals surface area contributed by atoms with E-state index in [1.54, 1.807) is 0 Å². The third-order valence-electron chi connectivity index (χ3n) is 6.08. The molecule has 0 aromatic heterocycles. The number of halogens is 2. The Hall–Kier alpha value is -2.65. The zero-order valence-corrected chi connectivity index (χ0v) is 22.7. The summed E-state index contributed by atoms with van der Waals surface area (Å²) in [5, 5.41) is 9.99. The Morgan fingerprint density at radius 3 is 1.75 bits per heavy atom. The van der Waals surface area contributed by atoms with Gasteiger partial charge in [0.05, 0.1) is 0 Å². The van der Waals surface area contributed by atoms with Crippen LogP contribution in [0.15, 0.2) is 127 Å². The van der Waals surface area contributed by atoms with Gasteiger partial charge in [0, 0.05) is 0 Å². The molecule has 0 fully saturated rings. The summed E-state index contributed by atoms with van der Waals surface area (Å²) < 4.78 is 0. The van der Waals surface area contributed by atoms with Gasteiger partial charge in [-0.3, -0.25) is 0 Å². The third-order valence-corrected chi connectivity index (χ3v) is 6.08. The van der Waals surface area contributed by atoms with Gasteiger partial charge in [0.1, 0.15) is 6.10 Å². The molecule has 5 aromatic carbocycles. The molecule has 0 heterocycles. The zero-order chi connectivity index (χ0) is 25.2. The van der Waals surface area contributed by atoms with Gasteiger partial charge in [0.15, 0.2) is 0 Å². The number of aliphatic hydroxyl groups excluding tert-OH is 1. The summed E-state index contributed by atoms with van der Waals surface area (Å²) in [6.45, 7) is 0. The maximum Gasteiger partial charge on any atom is -0.00948 e. The molecule has 0 radical (unpaired) electrons. The van der Waals surface area contributed by atoms with E-state index >= 15 is 0 Å². The van der Waals surface area contributed by atoms with E-state index in [1.807, 2.05) is 72.8 Å². The van der Waals surface area contributed by atoms with E-state index in [2.05, 4.69) is 60.7 Å². The van der Waals surface area contributed by atoms with Gasteiger partial charge < -0.3 is 5.11 Å². The average Bonchev–Trinajstić information content (AvgIpc) is 3.34. The molecular formula is C32H25Cl2OTi-. The van der Waals surface area contributed by atoms with E-state index in [1.165, 1.54) is 33.4 Å². The molecule has 1 N–H and O–H groups in total. The Bertz CT molecular complexity index is 1320. The van der Waals surface area contributed by atoms with Crippen molar-refractivity contribution in [2.45, 2.75) is 12.5 Å². The number of fused-ring (bicyclic) bond motifs is 3. The van der Waals surface area contributed by atoms with Gasteiger partial charge in [-0.15, -0.1) is 35.9 Å². The maximum atomic E-state index is 9.99. The summed E-state index contributed by atoms with van der Waals surface area (Å²) in [5.74, 6) is 0. The van der Waals surface area contributed by atoms with Crippen LogP contribution >= 0.6 is 18.6 Å². The normalized spacial score (nSPS) is 10.8. The molecule has 4 heteroatoms. The standard InChI is InChI=1S/C19H13.C13H12O.2ClH.Ti/c1-2-7-14(8-3-1)16-11-6-12-18-17-10-5-4-9-15(17)13-19(16)18;14-13(11-7-3-1-4-8-11)12-9-5-2-6-10-12;;;/h1-7,9-12H,13H2;1-10,13-14H;2*1H;/q-1;;;;+2/p-2. The van der Waals surface area contributed by atoms with Crippen LogP contribution in [0.2, 0.25) is 0 Å². The largest absolute Gasteiger partial charge is 0.147 e. The minimum atomic E-state index is -0.556. The fourth-order valence-corrected chi connectivity index (χ4v) is 4.43. The van der Waals surface area contributed by atoms with Gasteiger partial charge >= 0.3 is 35.6 Å². The van der Waals surface area contributed by atoms with Crippen molar-refractivity contribution in [3.63, 3.8) is 0 Å². The van der Waals surface area contributed by atoms with Crippen molar-refractivity contribution in [2.24, 2.45) is 0 Å². The first kappa shape index (κ1) is 26.4. The SMILES string of the molecule is OC(c1ccccc1)c1ccccc1.[Cl][Ti][Cl].[c-]1ccccc1-c1cccc2c1Cc1ccccc1-2. The Morgan fingerprint density at radius 1 is 0.611 bits per heavy atom. The molecule has 0 spiro atoms. The predicted octanol–water partition coefficient (Wildman–Crippen LogP) is 8.87. The molecule has 1 aliphatic rings. The van der Waals surface area contributed by atoms with Crippen LogP contribution in [0.4, 0.5) is 0 Å². The second-order valence-electron chi connectivity index (χ2n) is 8.24. The van der Waals surface area contributed by atoms with E-state index in [4.69, 9.17) is 18.6 Å². The molecule has 0 bridgehead atoms. The summed E-state index contributed by atoms with van der Waals surface area (Å²) in [4.78, 5) is 0. The fraction of sp³-hybridized carbons (Fsp3) is 0.0625. The molecule has 0 unspecified atom stereocenters. The maximum absolute atomic E-state index is 9.99. The van der Waals surface area contributed by atoms with Crippen molar-refractivity contribution >= 4 is 18.6 Å². The summed E-state index contributed by atoms with van der Waals surface area (Å²) >= 11 is -0.556. The van der Waals surface area contributed by atoms with Crippen LogP contribution in [0, 0.1) is 6.07 Å². The smallest absolute Gasteiger partial charge is 0.00948 e. The van der Waals surface area contributed by atoms with Crippen molar-refractivity contribution in [1.29, 1.82) is 0 Å². The van der Waals surface area contributed by atoms with E-state index < -0.39 is 23.1 Å². The van der Waals surface area contributed by atoms with Crippen LogP contribution in [-0.4, -0.2) is 5.11 Å². The second kappa shape index (κ2) is 13.6. The monoisotopic (exact) mass is 543 g/mol. The van der Waals surface area contributed by atoms with Crippen LogP contribution in [0.1, 0.15) is 28.4 Å². The van der Waals surface area contributed by atoms with Crippen molar-refractivity contribution in [1.82, 2.24) is 0 Å². The summed E-state index contributed by atoms with van der Waals surface area (Å²) in [6.07, 6.45) is 0.516. The molecule has 6 rings (SSSR count). The Kier molecular flexibility index (Phi) is 9.98. The van der Waals surface area contributed by atoms with Crippen molar-refractivity contribution < 1.29 is 22.1 Å². The number of benzene rings is 5. The summed E-state index contributed by atoms with van der Waals surface area (Å²) in [5.41, 5.74) is 9.99. The minimum absolute atomic E-state index is 0.516. The number of aliphatic hydroxyl groups is 1. The first-order valence-corrected chi connectivity index (χ1v) is 15.9. The van der Waals surface area contributed by atoms with Gasteiger partial charge in [0.2, 0.25) is 0 Å². The van der Waals surface area contributed by atoms with Crippen LogP contribution in [0.25, 0.3) is 22.3 Å². The average molecular weight is 544 g/mol. The van der Waals surface area contributed by atoms with Crippen LogP contribution in [0.3, 0.4) is 0 Å². The van der Waals surface area contributed by atoms with E-state index in [9.17, 15) is 5.11 Å². The van der Waals surface area contributed by atoms with Crippen molar-refractivity contribution in [3.8, 4) is 22.3 Å². The Morgan fingerprint density at radius 2 is 1.14 bits per heavy atom. The molecule has 5 aromatic rings. The third kappa shape index (κ3) is 6.56. The Labute approximate surface area is 230 Å². The van der Waals surface area contributed by atoms with E-state index in [-0.39, 0.29) is 0 Å². The number of hydrogen-bond acceptors (Lipinski definition) is 1. The summed E-state index contributed by atoms with van der Waals surface area (Å²) in [6, 6.07) is 46.2. The molecule has 1 nitrogen and oxygen atoms in total. The molecule has 0 saturated heterocycles. The van der Waals surface area contributed by atoms with Crippen LogP contribution in [0.5, 0.6) is 0 Å². The fourth-order valence-electron chi connectivity index (χ4n) is 4.43. The topological polar surface area (TPSA) is 20.2 Å². The van der Waals surface area contributed by atoms with Gasteiger partial charge in [-0.2, -0.15) is 0 Å². The van der Waals surface area contributed by atoms with Gasteiger partial charge in [-0.25, -0.2) is 0 Å².